The van der Waals surface area contributed by atoms with E-state index in [4.69, 9.17) is 4.74 Å². The van der Waals surface area contributed by atoms with Crippen molar-refractivity contribution >= 4 is 30.5 Å². The second-order valence-corrected chi connectivity index (χ2v) is 7.44. The lowest BCUT2D eigenvalue weighted by atomic mass is 9.91. The summed E-state index contributed by atoms with van der Waals surface area (Å²) in [4.78, 5) is 16.9. The minimum atomic E-state index is 0. The second kappa shape index (κ2) is 10.9. The van der Waals surface area contributed by atoms with Crippen molar-refractivity contribution in [3.63, 3.8) is 0 Å². The van der Waals surface area contributed by atoms with Crippen LogP contribution in [0.15, 0.2) is 29.1 Å². The van der Waals surface area contributed by atoms with Crippen LogP contribution in [-0.2, 0) is 19.3 Å². The van der Waals surface area contributed by atoms with Gasteiger partial charge in [-0.3, -0.25) is 9.69 Å². The van der Waals surface area contributed by atoms with Crippen molar-refractivity contribution in [2.75, 3.05) is 44.7 Å². The van der Waals surface area contributed by atoms with Crippen molar-refractivity contribution in [1.82, 2.24) is 15.1 Å². The molecular formula is C21H30Cl2N4O2. The topological polar surface area (TPSA) is 61.5 Å². The molecule has 1 aromatic heterocycles. The van der Waals surface area contributed by atoms with Gasteiger partial charge in [0, 0.05) is 56.5 Å². The zero-order valence-electron chi connectivity index (χ0n) is 16.9. The molecule has 0 atom stereocenters. The molecular weight excluding hydrogens is 411 g/mol. The molecule has 1 aliphatic carbocycles. The van der Waals surface area contributed by atoms with Gasteiger partial charge in [0.25, 0.3) is 5.56 Å². The van der Waals surface area contributed by atoms with Crippen molar-refractivity contribution in [1.29, 1.82) is 0 Å². The smallest absolute Gasteiger partial charge is 0.267 e. The Kier molecular flexibility index (Phi) is 8.80. The van der Waals surface area contributed by atoms with Gasteiger partial charge in [-0.25, -0.2) is 5.10 Å². The summed E-state index contributed by atoms with van der Waals surface area (Å²) >= 11 is 0. The highest BCUT2D eigenvalue weighted by Gasteiger charge is 2.20. The van der Waals surface area contributed by atoms with Crippen molar-refractivity contribution in [2.24, 2.45) is 0 Å². The lowest BCUT2D eigenvalue weighted by Crippen LogP contribution is -2.47. The van der Waals surface area contributed by atoms with Crippen LogP contribution in [0.5, 0.6) is 5.75 Å². The van der Waals surface area contributed by atoms with Crippen LogP contribution >= 0.6 is 24.8 Å². The van der Waals surface area contributed by atoms with Gasteiger partial charge in [0.1, 0.15) is 5.75 Å². The highest BCUT2D eigenvalue weighted by atomic mass is 35.5. The first-order valence-corrected chi connectivity index (χ1v) is 9.95. The van der Waals surface area contributed by atoms with E-state index >= 15 is 0 Å². The van der Waals surface area contributed by atoms with E-state index in [1.54, 1.807) is 7.11 Å². The number of nitrogens with zero attached hydrogens (tertiary/aromatic N) is 3. The minimum Gasteiger partial charge on any atom is -0.497 e. The second-order valence-electron chi connectivity index (χ2n) is 7.44. The number of halogens is 2. The number of aromatic nitrogens is 2. The average Bonchev–Trinajstić information content (AvgIpc) is 2.74. The molecule has 6 nitrogen and oxygen atoms in total. The highest BCUT2D eigenvalue weighted by molar-refractivity contribution is 5.85. The summed E-state index contributed by atoms with van der Waals surface area (Å²) in [5.74, 6) is 0.906. The molecule has 0 saturated carbocycles. The lowest BCUT2D eigenvalue weighted by molar-refractivity contribution is 0.259. The SMILES string of the molecule is COc1cccc(N2CCN(CCc3n[nH]c(=O)c4c3CCCC4)CC2)c1.Cl.Cl. The van der Waals surface area contributed by atoms with Gasteiger partial charge in [-0.2, -0.15) is 5.10 Å². The summed E-state index contributed by atoms with van der Waals surface area (Å²) in [5.41, 5.74) is 4.54. The van der Waals surface area contributed by atoms with Crippen LogP contribution < -0.4 is 15.2 Å². The Morgan fingerprint density at radius 3 is 2.52 bits per heavy atom. The van der Waals surface area contributed by atoms with Crippen molar-refractivity contribution in [3.05, 3.63) is 51.4 Å². The third-order valence-electron chi connectivity index (χ3n) is 5.84. The maximum atomic E-state index is 12.0. The number of aromatic amines is 1. The molecule has 0 unspecified atom stereocenters. The average molecular weight is 441 g/mol. The molecule has 2 aromatic rings. The third kappa shape index (κ3) is 5.44. The zero-order valence-corrected chi connectivity index (χ0v) is 18.5. The van der Waals surface area contributed by atoms with Gasteiger partial charge in [-0.15, -0.1) is 24.8 Å². The van der Waals surface area contributed by atoms with Crippen LogP contribution in [0.1, 0.15) is 29.7 Å². The van der Waals surface area contributed by atoms with Crippen LogP contribution in [0.25, 0.3) is 0 Å². The Morgan fingerprint density at radius 1 is 1.07 bits per heavy atom. The Bertz CT molecular complexity index is 851. The van der Waals surface area contributed by atoms with Crippen molar-refractivity contribution in [3.8, 4) is 5.75 Å². The van der Waals surface area contributed by atoms with E-state index in [1.165, 1.54) is 17.7 Å². The molecule has 29 heavy (non-hydrogen) atoms. The molecule has 0 amide bonds. The van der Waals surface area contributed by atoms with Gasteiger partial charge in [0.05, 0.1) is 12.8 Å². The van der Waals surface area contributed by atoms with Gasteiger partial charge in [-0.1, -0.05) is 6.07 Å². The fraction of sp³-hybridized carbons (Fsp3) is 0.524. The van der Waals surface area contributed by atoms with Crippen LogP contribution in [0.3, 0.4) is 0 Å². The number of hydrogen-bond acceptors (Lipinski definition) is 5. The summed E-state index contributed by atoms with van der Waals surface area (Å²) in [6.45, 7) is 5.12. The lowest BCUT2D eigenvalue weighted by Gasteiger charge is -2.36. The fourth-order valence-corrected chi connectivity index (χ4v) is 4.24. The maximum absolute atomic E-state index is 12.0. The predicted molar refractivity (Wildman–Crippen MR) is 121 cm³/mol. The van der Waals surface area contributed by atoms with Gasteiger partial charge in [0.15, 0.2) is 0 Å². The maximum Gasteiger partial charge on any atom is 0.267 e. The number of anilines is 1. The number of fused-ring (bicyclic) bond motifs is 1. The molecule has 1 fully saturated rings. The third-order valence-corrected chi connectivity index (χ3v) is 5.84. The standard InChI is InChI=1S/C21H28N4O2.2ClH/c1-27-17-6-4-5-16(15-17)25-13-11-24(12-14-25)10-9-20-18-7-2-3-8-19(18)21(26)23-22-20;;/h4-6,15H,2-3,7-14H2,1H3,(H,23,26);2*1H. The molecule has 0 spiro atoms. The number of nitrogens with one attached hydrogen (secondary N) is 1. The first-order chi connectivity index (χ1) is 13.2. The Morgan fingerprint density at radius 2 is 1.79 bits per heavy atom. The number of methoxy groups -OCH3 is 1. The monoisotopic (exact) mass is 440 g/mol. The molecule has 0 bridgehead atoms. The van der Waals surface area contributed by atoms with Gasteiger partial charge in [-0.05, 0) is 43.4 Å². The normalized spacial score (nSPS) is 16.4. The van der Waals surface area contributed by atoms with Crippen LogP contribution in [0.4, 0.5) is 5.69 Å². The summed E-state index contributed by atoms with van der Waals surface area (Å²) in [7, 11) is 1.71. The van der Waals surface area contributed by atoms with Gasteiger partial charge in [0.2, 0.25) is 0 Å². The van der Waals surface area contributed by atoms with E-state index in [-0.39, 0.29) is 30.4 Å². The van der Waals surface area contributed by atoms with E-state index in [2.05, 4.69) is 32.1 Å². The molecule has 2 heterocycles. The minimum absolute atomic E-state index is 0. The van der Waals surface area contributed by atoms with E-state index in [0.29, 0.717) is 0 Å². The Hall–Kier alpha value is -1.76. The van der Waals surface area contributed by atoms with Gasteiger partial charge >= 0.3 is 0 Å². The van der Waals surface area contributed by atoms with Gasteiger partial charge < -0.3 is 9.64 Å². The zero-order chi connectivity index (χ0) is 18.6. The number of ether oxygens (including phenoxy) is 1. The summed E-state index contributed by atoms with van der Waals surface area (Å²) in [6, 6.07) is 8.28. The summed E-state index contributed by atoms with van der Waals surface area (Å²) in [5, 5.41) is 7.08. The summed E-state index contributed by atoms with van der Waals surface area (Å²) < 4.78 is 5.34. The van der Waals surface area contributed by atoms with Crippen LogP contribution in [0.2, 0.25) is 0 Å². The predicted octanol–water partition coefficient (Wildman–Crippen LogP) is 2.87. The highest BCUT2D eigenvalue weighted by Crippen LogP contribution is 2.23. The summed E-state index contributed by atoms with van der Waals surface area (Å²) in [6.07, 6.45) is 5.11. The first kappa shape index (κ1) is 23.5. The molecule has 8 heteroatoms. The van der Waals surface area contributed by atoms with E-state index in [9.17, 15) is 4.79 Å². The molecule has 1 aliphatic heterocycles. The number of piperazine rings is 1. The molecule has 1 saturated heterocycles. The number of rotatable bonds is 5. The van der Waals surface area contributed by atoms with E-state index in [1.807, 2.05) is 12.1 Å². The Labute approximate surface area is 184 Å². The molecule has 2 aliphatic rings. The molecule has 0 radical (unpaired) electrons. The number of H-pyrrole nitrogens is 1. The first-order valence-electron chi connectivity index (χ1n) is 9.95. The molecule has 1 N–H and O–H groups in total. The van der Waals surface area contributed by atoms with E-state index < -0.39 is 0 Å². The Balaban J connectivity index is 0.00000150. The number of hydrogen-bond donors (Lipinski definition) is 1. The molecule has 160 valence electrons. The largest absolute Gasteiger partial charge is 0.497 e. The fourth-order valence-electron chi connectivity index (χ4n) is 4.24. The quantitative estimate of drug-likeness (QED) is 0.774. The molecule has 1 aromatic carbocycles. The van der Waals surface area contributed by atoms with E-state index in [0.717, 1.165) is 75.4 Å². The molecule has 4 rings (SSSR count). The number of benzene rings is 1. The van der Waals surface area contributed by atoms with Crippen LogP contribution in [0, 0.1) is 0 Å². The van der Waals surface area contributed by atoms with Crippen molar-refractivity contribution < 1.29 is 4.74 Å². The van der Waals surface area contributed by atoms with Crippen LogP contribution in [-0.4, -0.2) is 54.9 Å². The van der Waals surface area contributed by atoms with Crippen molar-refractivity contribution in [2.45, 2.75) is 32.1 Å².